The predicted molar refractivity (Wildman–Crippen MR) is 88.0 cm³/mol. The summed E-state index contributed by atoms with van der Waals surface area (Å²) in [5.74, 6) is 1.94. The monoisotopic (exact) mass is 294 g/mol. The lowest BCUT2D eigenvalue weighted by Gasteiger charge is -2.24. The summed E-state index contributed by atoms with van der Waals surface area (Å²) in [5, 5.41) is 3.46. The fourth-order valence-electron chi connectivity index (χ4n) is 2.26. The zero-order valence-electron chi connectivity index (χ0n) is 14.3. The Hall–Kier alpha value is -1.36. The lowest BCUT2D eigenvalue weighted by Crippen LogP contribution is -2.34. The molecule has 0 aliphatic heterocycles. The van der Waals surface area contributed by atoms with E-state index in [-0.39, 0.29) is 0 Å². The van der Waals surface area contributed by atoms with Crippen LogP contribution in [0.4, 0.5) is 5.95 Å². The maximum atomic E-state index is 5.62. The zero-order valence-corrected chi connectivity index (χ0v) is 14.3. The molecule has 0 saturated heterocycles. The number of aryl methyl sites for hydroxylation is 1. The predicted octanol–water partition coefficient (Wildman–Crippen LogP) is 2.96. The third-order valence-corrected chi connectivity index (χ3v) is 2.96. The van der Waals surface area contributed by atoms with Gasteiger partial charge in [0, 0.05) is 24.3 Å². The van der Waals surface area contributed by atoms with Gasteiger partial charge in [-0.3, -0.25) is 0 Å². The second-order valence-corrected chi connectivity index (χ2v) is 6.25. The van der Waals surface area contributed by atoms with Crippen LogP contribution in [0.1, 0.15) is 39.3 Å². The van der Waals surface area contributed by atoms with Gasteiger partial charge in [0.25, 0.3) is 0 Å². The van der Waals surface area contributed by atoms with Crippen LogP contribution in [0.5, 0.6) is 5.88 Å². The third kappa shape index (κ3) is 7.27. The molecular formula is C16H30N4O. The van der Waals surface area contributed by atoms with Gasteiger partial charge >= 0.3 is 0 Å². The summed E-state index contributed by atoms with van der Waals surface area (Å²) < 4.78 is 5.62. The first-order valence-electron chi connectivity index (χ1n) is 7.80. The molecule has 0 amide bonds. The number of anilines is 1. The molecule has 1 rings (SSSR count). The van der Waals surface area contributed by atoms with Crippen LogP contribution in [-0.4, -0.2) is 48.2 Å². The number of hydrogen-bond donors (Lipinski definition) is 1. The molecule has 0 aliphatic rings. The van der Waals surface area contributed by atoms with Gasteiger partial charge < -0.3 is 15.0 Å². The van der Waals surface area contributed by atoms with Crippen molar-refractivity contribution >= 4 is 5.95 Å². The van der Waals surface area contributed by atoms with Crippen LogP contribution < -0.4 is 10.1 Å². The normalized spacial score (nSPS) is 12.8. The third-order valence-electron chi connectivity index (χ3n) is 2.96. The maximum absolute atomic E-state index is 5.62. The first kappa shape index (κ1) is 17.7. The second kappa shape index (κ2) is 8.82. The van der Waals surface area contributed by atoms with Crippen LogP contribution in [0.15, 0.2) is 6.07 Å². The number of aromatic nitrogens is 2. The van der Waals surface area contributed by atoms with Gasteiger partial charge in [0.2, 0.25) is 11.8 Å². The maximum Gasteiger partial charge on any atom is 0.226 e. The second-order valence-electron chi connectivity index (χ2n) is 6.25. The molecule has 21 heavy (non-hydrogen) atoms. The minimum atomic E-state index is 0.334. The molecule has 1 heterocycles. The molecule has 0 spiro atoms. The summed E-state index contributed by atoms with van der Waals surface area (Å²) in [6.07, 6.45) is 2.06. The summed E-state index contributed by atoms with van der Waals surface area (Å²) >= 11 is 0. The van der Waals surface area contributed by atoms with Gasteiger partial charge in [0.1, 0.15) is 0 Å². The van der Waals surface area contributed by atoms with Crippen molar-refractivity contribution in [2.24, 2.45) is 5.92 Å². The highest BCUT2D eigenvalue weighted by Gasteiger charge is 2.14. The van der Waals surface area contributed by atoms with Crippen molar-refractivity contribution < 1.29 is 4.74 Å². The highest BCUT2D eigenvalue weighted by Crippen LogP contribution is 2.15. The quantitative estimate of drug-likeness (QED) is 0.759. The molecule has 120 valence electrons. The topological polar surface area (TPSA) is 50.3 Å². The van der Waals surface area contributed by atoms with Gasteiger partial charge in [-0.2, -0.15) is 4.98 Å². The van der Waals surface area contributed by atoms with E-state index < -0.39 is 0 Å². The highest BCUT2D eigenvalue weighted by molar-refractivity contribution is 5.31. The Balaban J connectivity index is 2.78. The first-order valence-corrected chi connectivity index (χ1v) is 7.80. The van der Waals surface area contributed by atoms with E-state index in [0.29, 0.717) is 30.4 Å². The molecule has 1 aromatic heterocycles. The lowest BCUT2D eigenvalue weighted by atomic mass is 10.0. The Bertz CT molecular complexity index is 411. The van der Waals surface area contributed by atoms with Crippen molar-refractivity contribution in [3.8, 4) is 5.88 Å². The fraction of sp³-hybridized carbons (Fsp3) is 0.750. The Kier molecular flexibility index (Phi) is 7.43. The summed E-state index contributed by atoms with van der Waals surface area (Å²) in [4.78, 5) is 11.1. The number of hydrogen-bond acceptors (Lipinski definition) is 5. The Morgan fingerprint density at radius 2 is 2.00 bits per heavy atom. The minimum absolute atomic E-state index is 0.334. The van der Waals surface area contributed by atoms with E-state index in [2.05, 4.69) is 55.1 Å². The number of rotatable bonds is 9. The van der Waals surface area contributed by atoms with Crippen molar-refractivity contribution in [1.29, 1.82) is 0 Å². The minimum Gasteiger partial charge on any atom is -0.478 e. The Morgan fingerprint density at radius 3 is 2.57 bits per heavy atom. The van der Waals surface area contributed by atoms with Crippen LogP contribution in [0.25, 0.3) is 0 Å². The molecule has 1 N–H and O–H groups in total. The van der Waals surface area contributed by atoms with Crippen molar-refractivity contribution in [2.75, 3.05) is 32.6 Å². The number of nitrogens with one attached hydrogen (secondary N) is 1. The van der Waals surface area contributed by atoms with Gasteiger partial charge in [-0.05, 0) is 39.8 Å². The largest absolute Gasteiger partial charge is 0.478 e. The molecule has 1 atom stereocenters. The molecule has 1 unspecified atom stereocenters. The molecule has 5 nitrogen and oxygen atoms in total. The average molecular weight is 294 g/mol. The number of ether oxygens (including phenoxy) is 1. The van der Waals surface area contributed by atoms with Crippen LogP contribution >= 0.6 is 0 Å². The zero-order chi connectivity index (χ0) is 15.8. The summed E-state index contributed by atoms with van der Waals surface area (Å²) in [6.45, 7) is 10.2. The van der Waals surface area contributed by atoms with Crippen LogP contribution in [0.3, 0.4) is 0 Å². The highest BCUT2D eigenvalue weighted by atomic mass is 16.5. The van der Waals surface area contributed by atoms with Gasteiger partial charge in [0.15, 0.2) is 0 Å². The molecule has 0 aromatic carbocycles. The van der Waals surface area contributed by atoms with E-state index in [1.54, 1.807) is 0 Å². The van der Waals surface area contributed by atoms with E-state index in [0.717, 1.165) is 25.1 Å². The van der Waals surface area contributed by atoms with Crippen LogP contribution in [0, 0.1) is 12.8 Å². The summed E-state index contributed by atoms with van der Waals surface area (Å²) in [6, 6.07) is 2.21. The van der Waals surface area contributed by atoms with E-state index >= 15 is 0 Å². The molecule has 0 bridgehead atoms. The molecule has 0 aliphatic carbocycles. The van der Waals surface area contributed by atoms with Crippen LogP contribution in [-0.2, 0) is 0 Å². The SMILES string of the molecule is CCCOc1cc(C)nc(NC(CC(C)C)CN(C)C)n1. The lowest BCUT2D eigenvalue weighted by molar-refractivity contribution is 0.304. The van der Waals surface area contributed by atoms with Crippen molar-refractivity contribution in [3.63, 3.8) is 0 Å². The van der Waals surface area contributed by atoms with Gasteiger partial charge in [-0.1, -0.05) is 20.8 Å². The molecule has 0 fully saturated rings. The standard InChI is InChI=1S/C16H30N4O/c1-7-8-21-15-10-13(4)17-16(19-15)18-14(9-12(2)3)11-20(5)6/h10,12,14H,7-9,11H2,1-6H3,(H,17,18,19). The Labute approximate surface area is 129 Å². The Morgan fingerprint density at radius 1 is 1.29 bits per heavy atom. The van der Waals surface area contributed by atoms with Crippen molar-refractivity contribution in [3.05, 3.63) is 11.8 Å². The molecule has 1 aromatic rings. The van der Waals surface area contributed by atoms with E-state index in [4.69, 9.17) is 4.74 Å². The fourth-order valence-corrected chi connectivity index (χ4v) is 2.26. The molecule has 0 saturated carbocycles. The van der Waals surface area contributed by atoms with E-state index in [1.165, 1.54) is 0 Å². The van der Waals surface area contributed by atoms with E-state index in [1.807, 2.05) is 13.0 Å². The van der Waals surface area contributed by atoms with Crippen LogP contribution in [0.2, 0.25) is 0 Å². The van der Waals surface area contributed by atoms with Gasteiger partial charge in [-0.15, -0.1) is 0 Å². The van der Waals surface area contributed by atoms with Gasteiger partial charge in [0.05, 0.1) is 6.61 Å². The smallest absolute Gasteiger partial charge is 0.226 e. The average Bonchev–Trinajstić information content (AvgIpc) is 2.33. The number of nitrogens with zero attached hydrogens (tertiary/aromatic N) is 3. The van der Waals surface area contributed by atoms with Crippen molar-refractivity contribution in [2.45, 2.75) is 46.6 Å². The molecular weight excluding hydrogens is 264 g/mol. The summed E-state index contributed by atoms with van der Waals surface area (Å²) in [7, 11) is 4.17. The van der Waals surface area contributed by atoms with Crippen molar-refractivity contribution in [1.82, 2.24) is 14.9 Å². The molecule has 0 radical (unpaired) electrons. The van der Waals surface area contributed by atoms with E-state index in [9.17, 15) is 0 Å². The number of likely N-dealkylation sites (N-methyl/N-ethyl adjacent to an activating group) is 1. The first-order chi connectivity index (χ1) is 9.90. The molecule has 5 heteroatoms. The summed E-state index contributed by atoms with van der Waals surface area (Å²) in [5.41, 5.74) is 0.923. The van der Waals surface area contributed by atoms with Gasteiger partial charge in [-0.25, -0.2) is 4.98 Å².